The van der Waals surface area contributed by atoms with E-state index in [1.807, 2.05) is 47.4 Å². The summed E-state index contributed by atoms with van der Waals surface area (Å²) in [6.45, 7) is 6.11. The van der Waals surface area contributed by atoms with E-state index >= 15 is 0 Å². The van der Waals surface area contributed by atoms with Gasteiger partial charge in [-0.2, -0.15) is 0 Å². The minimum atomic E-state index is -0.104. The maximum absolute atomic E-state index is 12.3. The Hall–Kier alpha value is -2.82. The van der Waals surface area contributed by atoms with Crippen molar-refractivity contribution in [2.24, 2.45) is 0 Å². The fraction of sp³-hybridized carbons (Fsp3) is 0.364. The smallest absolute Gasteiger partial charge is 0.253 e. The molecule has 2 aromatic carbocycles. The monoisotopic (exact) mass is 365 g/mol. The lowest BCUT2D eigenvalue weighted by Gasteiger charge is -2.15. The van der Waals surface area contributed by atoms with E-state index in [4.69, 9.17) is 0 Å². The number of hydrogen-bond donors (Lipinski definition) is 2. The second-order valence-corrected chi connectivity index (χ2v) is 7.26. The van der Waals surface area contributed by atoms with Crippen LogP contribution >= 0.6 is 0 Å². The molecule has 142 valence electrons. The highest BCUT2D eigenvalue weighted by Gasteiger charge is 2.19. The van der Waals surface area contributed by atoms with E-state index in [2.05, 4.69) is 30.5 Å². The van der Waals surface area contributed by atoms with Gasteiger partial charge in [-0.15, -0.1) is 0 Å². The molecule has 5 nitrogen and oxygen atoms in total. The third-order valence-corrected chi connectivity index (χ3v) is 4.82. The molecule has 2 N–H and O–H groups in total. The highest BCUT2D eigenvalue weighted by molar-refractivity contribution is 5.95. The second kappa shape index (κ2) is 8.71. The minimum Gasteiger partial charge on any atom is -0.376 e. The van der Waals surface area contributed by atoms with Crippen molar-refractivity contribution in [2.75, 3.05) is 30.3 Å². The molecule has 0 saturated carbocycles. The van der Waals surface area contributed by atoms with Gasteiger partial charge in [-0.05, 0) is 60.7 Å². The molecule has 5 heteroatoms. The molecule has 0 atom stereocenters. The molecule has 0 aromatic heterocycles. The van der Waals surface area contributed by atoms with Crippen LogP contribution in [-0.2, 0) is 4.79 Å². The van der Waals surface area contributed by atoms with Crippen LogP contribution in [-0.4, -0.2) is 36.3 Å². The first-order valence-electron chi connectivity index (χ1n) is 9.56. The minimum absolute atomic E-state index is 0.0850. The Morgan fingerprint density at radius 2 is 1.70 bits per heavy atom. The number of carbonyl (C=O) groups excluding carboxylic acids is 2. The topological polar surface area (TPSA) is 61.4 Å². The van der Waals surface area contributed by atoms with Gasteiger partial charge in [0.05, 0.1) is 6.54 Å². The van der Waals surface area contributed by atoms with Crippen molar-refractivity contribution in [3.8, 4) is 0 Å². The third-order valence-electron chi connectivity index (χ3n) is 4.82. The Balaban J connectivity index is 1.51. The predicted molar refractivity (Wildman–Crippen MR) is 109 cm³/mol. The van der Waals surface area contributed by atoms with Crippen molar-refractivity contribution in [3.05, 3.63) is 59.7 Å². The van der Waals surface area contributed by atoms with E-state index in [9.17, 15) is 9.59 Å². The summed E-state index contributed by atoms with van der Waals surface area (Å²) in [4.78, 5) is 26.4. The van der Waals surface area contributed by atoms with E-state index < -0.39 is 0 Å². The summed E-state index contributed by atoms with van der Waals surface area (Å²) < 4.78 is 0. The van der Waals surface area contributed by atoms with E-state index in [1.54, 1.807) is 0 Å². The van der Waals surface area contributed by atoms with E-state index in [0.717, 1.165) is 37.3 Å². The number of likely N-dealkylation sites (tertiary alicyclic amines) is 1. The van der Waals surface area contributed by atoms with Crippen LogP contribution in [0, 0.1) is 0 Å². The molecule has 0 aliphatic carbocycles. The summed E-state index contributed by atoms with van der Waals surface area (Å²) >= 11 is 0. The largest absolute Gasteiger partial charge is 0.376 e. The molecule has 0 radical (unpaired) electrons. The van der Waals surface area contributed by atoms with Gasteiger partial charge in [-0.1, -0.05) is 26.0 Å². The molecular formula is C22H27N3O2. The second-order valence-electron chi connectivity index (χ2n) is 7.26. The first-order valence-corrected chi connectivity index (χ1v) is 9.56. The van der Waals surface area contributed by atoms with Crippen LogP contribution in [0.1, 0.15) is 48.5 Å². The molecule has 0 spiro atoms. The normalized spacial score (nSPS) is 13.7. The molecular weight excluding hydrogens is 338 g/mol. The molecule has 1 aliphatic rings. The lowest BCUT2D eigenvalue weighted by molar-refractivity contribution is -0.114. The Morgan fingerprint density at radius 3 is 2.37 bits per heavy atom. The number of nitrogens with one attached hydrogen (secondary N) is 2. The molecule has 0 bridgehead atoms. The molecule has 1 fully saturated rings. The third kappa shape index (κ3) is 5.09. The number of carbonyl (C=O) groups is 2. The highest BCUT2D eigenvalue weighted by Crippen LogP contribution is 2.19. The Labute approximate surface area is 160 Å². The van der Waals surface area contributed by atoms with Crippen LogP contribution in [0.2, 0.25) is 0 Å². The van der Waals surface area contributed by atoms with Crippen LogP contribution in [0.4, 0.5) is 11.4 Å². The van der Waals surface area contributed by atoms with Crippen molar-refractivity contribution in [3.63, 3.8) is 0 Å². The number of benzene rings is 2. The van der Waals surface area contributed by atoms with E-state index in [-0.39, 0.29) is 18.4 Å². The number of rotatable bonds is 6. The van der Waals surface area contributed by atoms with Crippen molar-refractivity contribution < 1.29 is 9.59 Å². The van der Waals surface area contributed by atoms with Gasteiger partial charge in [0.25, 0.3) is 5.91 Å². The van der Waals surface area contributed by atoms with Crippen LogP contribution in [0.15, 0.2) is 48.5 Å². The van der Waals surface area contributed by atoms with Crippen LogP contribution in [0.3, 0.4) is 0 Å². The Morgan fingerprint density at radius 1 is 1.00 bits per heavy atom. The number of hydrogen-bond acceptors (Lipinski definition) is 3. The van der Waals surface area contributed by atoms with Gasteiger partial charge in [0.2, 0.25) is 5.91 Å². The standard InChI is InChI=1S/C22H27N3O2/c1-16(2)18-6-5-7-20(14-18)24-21(26)15-23-19-10-8-17(9-11-19)22(27)25-12-3-4-13-25/h5-11,14,16,23H,3-4,12-13,15H2,1-2H3,(H,24,26). The van der Waals surface area contributed by atoms with Crippen LogP contribution < -0.4 is 10.6 Å². The summed E-state index contributed by atoms with van der Waals surface area (Å²) in [7, 11) is 0. The summed E-state index contributed by atoms with van der Waals surface area (Å²) in [5, 5.41) is 6.01. The van der Waals surface area contributed by atoms with Gasteiger partial charge in [0, 0.05) is 30.0 Å². The summed E-state index contributed by atoms with van der Waals surface area (Å²) in [6, 6.07) is 15.2. The Bertz CT molecular complexity index is 793. The first-order chi connectivity index (χ1) is 13.0. The van der Waals surface area contributed by atoms with Gasteiger partial charge < -0.3 is 15.5 Å². The van der Waals surface area contributed by atoms with Gasteiger partial charge in [0.1, 0.15) is 0 Å². The molecule has 2 aromatic rings. The summed E-state index contributed by atoms with van der Waals surface area (Å²) in [5.74, 6) is 0.400. The van der Waals surface area contributed by atoms with Crippen molar-refractivity contribution in [1.82, 2.24) is 4.90 Å². The van der Waals surface area contributed by atoms with Crippen LogP contribution in [0.25, 0.3) is 0 Å². The van der Waals surface area contributed by atoms with E-state index in [1.165, 1.54) is 5.56 Å². The highest BCUT2D eigenvalue weighted by atomic mass is 16.2. The van der Waals surface area contributed by atoms with E-state index in [0.29, 0.717) is 11.5 Å². The molecule has 1 heterocycles. The van der Waals surface area contributed by atoms with Crippen molar-refractivity contribution in [2.45, 2.75) is 32.6 Å². The fourth-order valence-corrected chi connectivity index (χ4v) is 3.20. The lowest BCUT2D eigenvalue weighted by atomic mass is 10.0. The zero-order valence-corrected chi connectivity index (χ0v) is 16.0. The average molecular weight is 365 g/mol. The van der Waals surface area contributed by atoms with Crippen molar-refractivity contribution >= 4 is 23.2 Å². The lowest BCUT2D eigenvalue weighted by Crippen LogP contribution is -2.27. The molecule has 1 aliphatic heterocycles. The van der Waals surface area contributed by atoms with Crippen LogP contribution in [0.5, 0.6) is 0 Å². The zero-order valence-electron chi connectivity index (χ0n) is 16.0. The SMILES string of the molecule is CC(C)c1cccc(NC(=O)CNc2ccc(C(=O)N3CCCC3)cc2)c1. The Kier molecular flexibility index (Phi) is 6.12. The van der Waals surface area contributed by atoms with Gasteiger partial charge in [0.15, 0.2) is 0 Å². The summed E-state index contributed by atoms with van der Waals surface area (Å²) in [6.07, 6.45) is 2.17. The number of anilines is 2. The predicted octanol–water partition coefficient (Wildman–Crippen LogP) is 4.10. The number of amides is 2. The molecule has 27 heavy (non-hydrogen) atoms. The quantitative estimate of drug-likeness (QED) is 0.810. The molecule has 1 saturated heterocycles. The molecule has 3 rings (SSSR count). The molecule has 0 unspecified atom stereocenters. The maximum Gasteiger partial charge on any atom is 0.253 e. The van der Waals surface area contributed by atoms with Gasteiger partial charge in [-0.25, -0.2) is 0 Å². The first kappa shape index (κ1) is 19.0. The molecule has 2 amide bonds. The average Bonchev–Trinajstić information content (AvgIpc) is 3.21. The maximum atomic E-state index is 12.3. The zero-order chi connectivity index (χ0) is 19.2. The fourth-order valence-electron chi connectivity index (χ4n) is 3.20. The summed E-state index contributed by atoms with van der Waals surface area (Å²) in [5.41, 5.74) is 3.51. The van der Waals surface area contributed by atoms with Gasteiger partial charge >= 0.3 is 0 Å². The van der Waals surface area contributed by atoms with Crippen molar-refractivity contribution in [1.29, 1.82) is 0 Å². The van der Waals surface area contributed by atoms with Gasteiger partial charge in [-0.3, -0.25) is 9.59 Å². The number of nitrogens with zero attached hydrogens (tertiary/aromatic N) is 1.